The minimum atomic E-state index is -0.00782. The van der Waals surface area contributed by atoms with Gasteiger partial charge >= 0.3 is 0 Å². The van der Waals surface area contributed by atoms with E-state index in [1.54, 1.807) is 12.1 Å². The van der Waals surface area contributed by atoms with Crippen LogP contribution in [-0.4, -0.2) is 37.3 Å². The number of hydrogen-bond acceptors (Lipinski definition) is 6. The van der Waals surface area contributed by atoms with E-state index in [9.17, 15) is 4.79 Å². The first kappa shape index (κ1) is 16.0. The zero-order valence-corrected chi connectivity index (χ0v) is 15.7. The molecule has 1 fully saturated rings. The number of halogens is 1. The lowest BCUT2D eigenvalue weighted by Gasteiger charge is -2.27. The number of thiophene rings is 1. The number of nitrogens with zero attached hydrogens (tertiary/aromatic N) is 5. The lowest BCUT2D eigenvalue weighted by molar-refractivity contribution is 0.0738. The maximum atomic E-state index is 12.8. The normalized spacial score (nSPS) is 16.8. The van der Waals surface area contributed by atoms with Gasteiger partial charge in [-0.05, 0) is 25.0 Å². The van der Waals surface area contributed by atoms with E-state index >= 15 is 0 Å². The third kappa shape index (κ3) is 2.64. The molecule has 134 valence electrons. The number of aromatic nitrogens is 4. The lowest BCUT2D eigenvalue weighted by atomic mass is 10.0. The molecule has 1 aliphatic carbocycles. The summed E-state index contributed by atoms with van der Waals surface area (Å²) in [6.07, 6.45) is 2.98. The van der Waals surface area contributed by atoms with E-state index in [-0.39, 0.29) is 5.91 Å². The number of carbonyl (C=O) groups excluding carboxylic acids is 1. The average molecular weight is 390 g/mol. The topological polar surface area (TPSA) is 77.1 Å². The third-order valence-electron chi connectivity index (χ3n) is 4.90. The first-order chi connectivity index (χ1) is 12.6. The number of rotatable bonds is 3. The first-order valence-electron chi connectivity index (χ1n) is 8.53. The zero-order valence-electron chi connectivity index (χ0n) is 14.1. The molecular formula is C17H16ClN5O2S. The molecule has 9 heteroatoms. The van der Waals surface area contributed by atoms with Crippen molar-refractivity contribution < 1.29 is 9.32 Å². The molecule has 2 aliphatic rings. The molecule has 0 spiro atoms. The van der Waals surface area contributed by atoms with Gasteiger partial charge in [0.15, 0.2) is 11.5 Å². The smallest absolute Gasteiger partial charge is 0.278 e. The number of amides is 1. The highest BCUT2D eigenvalue weighted by Gasteiger charge is 2.33. The number of hydrogen-bond donors (Lipinski definition) is 0. The standard InChI is InChI=1S/C17H16ClN5O2S/c1-22-11-6-7-23(17(24)12-4-5-13(18)26-12)8-10(11)14(20-22)16-19-15(21-25-16)9-2-3-9/h4-5,9H,2-3,6-8H2,1H3. The largest absolute Gasteiger partial charge is 0.333 e. The van der Waals surface area contributed by atoms with Gasteiger partial charge in [0.05, 0.1) is 15.8 Å². The highest BCUT2D eigenvalue weighted by atomic mass is 35.5. The van der Waals surface area contributed by atoms with Crippen LogP contribution in [0.5, 0.6) is 0 Å². The van der Waals surface area contributed by atoms with Crippen LogP contribution in [0.2, 0.25) is 4.34 Å². The summed E-state index contributed by atoms with van der Waals surface area (Å²) in [6.45, 7) is 1.13. The molecule has 0 unspecified atom stereocenters. The van der Waals surface area contributed by atoms with Crippen LogP contribution in [0.4, 0.5) is 0 Å². The second kappa shape index (κ2) is 5.92. The number of fused-ring (bicyclic) bond motifs is 1. The summed E-state index contributed by atoms with van der Waals surface area (Å²) in [5, 5.41) is 8.68. The van der Waals surface area contributed by atoms with Crippen molar-refractivity contribution in [1.82, 2.24) is 24.8 Å². The molecule has 5 rings (SSSR count). The molecule has 0 saturated heterocycles. The van der Waals surface area contributed by atoms with Gasteiger partial charge in [0.2, 0.25) is 0 Å². The van der Waals surface area contributed by atoms with Crippen molar-refractivity contribution in [2.24, 2.45) is 7.05 Å². The summed E-state index contributed by atoms with van der Waals surface area (Å²) in [5.74, 6) is 1.62. The van der Waals surface area contributed by atoms with Gasteiger partial charge in [0, 0.05) is 37.2 Å². The van der Waals surface area contributed by atoms with Crippen molar-refractivity contribution in [2.75, 3.05) is 6.54 Å². The van der Waals surface area contributed by atoms with Crippen LogP contribution in [0, 0.1) is 0 Å². The van der Waals surface area contributed by atoms with E-state index in [4.69, 9.17) is 16.1 Å². The summed E-state index contributed by atoms with van der Waals surface area (Å²) in [6, 6.07) is 3.52. The van der Waals surface area contributed by atoms with Crippen molar-refractivity contribution in [3.05, 3.63) is 38.4 Å². The van der Waals surface area contributed by atoms with Crippen molar-refractivity contribution in [3.8, 4) is 11.6 Å². The Bertz CT molecular complexity index is 1000. The van der Waals surface area contributed by atoms with Crippen LogP contribution >= 0.6 is 22.9 Å². The Morgan fingerprint density at radius 2 is 2.23 bits per heavy atom. The quantitative estimate of drug-likeness (QED) is 0.687. The minimum Gasteiger partial charge on any atom is -0.333 e. The molecular weight excluding hydrogens is 374 g/mol. The monoisotopic (exact) mass is 389 g/mol. The van der Waals surface area contributed by atoms with Crippen LogP contribution in [0.3, 0.4) is 0 Å². The van der Waals surface area contributed by atoms with Gasteiger partial charge in [0.1, 0.15) is 0 Å². The van der Waals surface area contributed by atoms with Gasteiger partial charge in [-0.2, -0.15) is 10.1 Å². The molecule has 3 aromatic rings. The van der Waals surface area contributed by atoms with E-state index in [1.165, 1.54) is 11.3 Å². The molecule has 3 aromatic heterocycles. The lowest BCUT2D eigenvalue weighted by Crippen LogP contribution is -2.36. The fraction of sp³-hybridized carbons (Fsp3) is 0.412. The molecule has 1 saturated carbocycles. The van der Waals surface area contributed by atoms with Gasteiger partial charge in [-0.3, -0.25) is 9.48 Å². The van der Waals surface area contributed by atoms with Gasteiger partial charge < -0.3 is 9.42 Å². The predicted molar refractivity (Wildman–Crippen MR) is 96.2 cm³/mol. The van der Waals surface area contributed by atoms with E-state index in [1.807, 2.05) is 16.6 Å². The predicted octanol–water partition coefficient (Wildman–Crippen LogP) is 3.26. The molecule has 4 heterocycles. The first-order valence-corrected chi connectivity index (χ1v) is 9.73. The van der Waals surface area contributed by atoms with Crippen LogP contribution in [0.1, 0.15) is 45.5 Å². The second-order valence-corrected chi connectivity index (χ2v) is 8.43. The SMILES string of the molecule is Cn1nc(-c2nc(C3CC3)no2)c2c1CCN(C(=O)c1ccc(Cl)s1)C2. The van der Waals surface area contributed by atoms with Crippen LogP contribution in [-0.2, 0) is 20.0 Å². The molecule has 1 amide bonds. The molecule has 26 heavy (non-hydrogen) atoms. The molecule has 0 radical (unpaired) electrons. The van der Waals surface area contributed by atoms with E-state index in [0.717, 1.165) is 36.3 Å². The van der Waals surface area contributed by atoms with Gasteiger partial charge in [-0.1, -0.05) is 16.8 Å². The van der Waals surface area contributed by atoms with E-state index < -0.39 is 0 Å². The second-order valence-electron chi connectivity index (χ2n) is 6.71. The van der Waals surface area contributed by atoms with Crippen molar-refractivity contribution >= 4 is 28.8 Å². The summed E-state index contributed by atoms with van der Waals surface area (Å²) in [4.78, 5) is 19.8. The Morgan fingerprint density at radius 3 is 2.96 bits per heavy atom. The Hall–Kier alpha value is -2.19. The van der Waals surface area contributed by atoms with Crippen LogP contribution in [0.15, 0.2) is 16.7 Å². The minimum absolute atomic E-state index is 0.00782. The summed E-state index contributed by atoms with van der Waals surface area (Å²) in [7, 11) is 1.91. The molecule has 0 aromatic carbocycles. The molecule has 0 atom stereocenters. The highest BCUT2D eigenvalue weighted by Crippen LogP contribution is 2.39. The maximum absolute atomic E-state index is 12.8. The highest BCUT2D eigenvalue weighted by molar-refractivity contribution is 7.17. The van der Waals surface area contributed by atoms with E-state index in [0.29, 0.717) is 39.8 Å². The summed E-state index contributed by atoms with van der Waals surface area (Å²) in [5.41, 5.74) is 2.78. The molecule has 1 aliphatic heterocycles. The Balaban J connectivity index is 1.47. The Kier molecular flexibility index (Phi) is 3.65. The van der Waals surface area contributed by atoms with Gasteiger partial charge in [-0.25, -0.2) is 0 Å². The van der Waals surface area contributed by atoms with E-state index in [2.05, 4.69) is 15.2 Å². The van der Waals surface area contributed by atoms with Crippen LogP contribution in [0.25, 0.3) is 11.6 Å². The average Bonchev–Trinajstić information content (AvgIpc) is 3.07. The molecule has 7 nitrogen and oxygen atoms in total. The van der Waals surface area contributed by atoms with Gasteiger partial charge in [0.25, 0.3) is 11.8 Å². The molecule has 0 bridgehead atoms. The van der Waals surface area contributed by atoms with Gasteiger partial charge in [-0.15, -0.1) is 11.3 Å². The maximum Gasteiger partial charge on any atom is 0.278 e. The fourth-order valence-electron chi connectivity index (χ4n) is 3.36. The van der Waals surface area contributed by atoms with Crippen LogP contribution < -0.4 is 0 Å². The Labute approximate surface area is 158 Å². The summed E-state index contributed by atoms with van der Waals surface area (Å²) >= 11 is 7.28. The molecule has 0 N–H and O–H groups in total. The van der Waals surface area contributed by atoms with Crippen molar-refractivity contribution in [2.45, 2.75) is 31.7 Å². The summed E-state index contributed by atoms with van der Waals surface area (Å²) < 4.78 is 7.93. The zero-order chi connectivity index (χ0) is 17.8. The van der Waals surface area contributed by atoms with Crippen molar-refractivity contribution in [1.29, 1.82) is 0 Å². The fourth-order valence-corrected chi connectivity index (χ4v) is 4.37. The Morgan fingerprint density at radius 1 is 1.38 bits per heavy atom. The number of carbonyl (C=O) groups is 1. The third-order valence-corrected chi connectivity index (χ3v) is 6.12. The van der Waals surface area contributed by atoms with Crippen molar-refractivity contribution in [3.63, 3.8) is 0 Å². The number of aryl methyl sites for hydroxylation is 1.